The Bertz CT molecular complexity index is 545. The minimum Gasteiger partial charge on any atom is -0.373 e. The van der Waals surface area contributed by atoms with Crippen LogP contribution >= 0.6 is 0 Å². The van der Waals surface area contributed by atoms with Crippen molar-refractivity contribution >= 4 is 11.6 Å². The highest BCUT2D eigenvalue weighted by molar-refractivity contribution is 5.86. The number of rotatable bonds is 2. The second-order valence-electron chi connectivity index (χ2n) is 6.54. The van der Waals surface area contributed by atoms with E-state index in [0.717, 1.165) is 31.5 Å². The van der Waals surface area contributed by atoms with E-state index in [1.807, 2.05) is 6.07 Å². The Morgan fingerprint density at radius 3 is 3.05 bits per heavy atom. The van der Waals surface area contributed by atoms with Crippen molar-refractivity contribution in [3.63, 3.8) is 0 Å². The molecule has 0 saturated carbocycles. The lowest BCUT2D eigenvalue weighted by Crippen LogP contribution is -2.49. The first-order valence-corrected chi connectivity index (χ1v) is 8.20. The Hall–Kier alpha value is -1.55. The number of nitrogens with one attached hydrogen (secondary N) is 2. The number of carbonyl (C=O) groups is 1. The third-order valence-electron chi connectivity index (χ3n) is 5.30. The summed E-state index contributed by atoms with van der Waals surface area (Å²) in [4.78, 5) is 15.1. The highest BCUT2D eigenvalue weighted by Gasteiger charge is 2.38. The summed E-state index contributed by atoms with van der Waals surface area (Å²) >= 11 is 0. The molecule has 3 unspecified atom stereocenters. The number of fused-ring (bicyclic) bond motifs is 2. The zero-order valence-electron chi connectivity index (χ0n) is 12.3. The molecule has 1 aromatic carbocycles. The van der Waals surface area contributed by atoms with E-state index < -0.39 is 0 Å². The summed E-state index contributed by atoms with van der Waals surface area (Å²) in [7, 11) is 0. The number of para-hydroxylation sites is 1. The van der Waals surface area contributed by atoms with Crippen LogP contribution in [0.1, 0.15) is 31.2 Å². The molecule has 3 aliphatic heterocycles. The van der Waals surface area contributed by atoms with Gasteiger partial charge in [0.25, 0.3) is 0 Å². The Kier molecular flexibility index (Phi) is 3.34. The van der Waals surface area contributed by atoms with Crippen molar-refractivity contribution in [1.82, 2.24) is 10.2 Å². The van der Waals surface area contributed by atoms with Crippen LogP contribution in [-0.2, 0) is 11.2 Å². The maximum atomic E-state index is 12.6. The molecule has 4 nitrogen and oxygen atoms in total. The maximum Gasteiger partial charge on any atom is 0.242 e. The van der Waals surface area contributed by atoms with Gasteiger partial charge in [-0.1, -0.05) is 18.2 Å². The highest BCUT2D eigenvalue weighted by atomic mass is 16.2. The fourth-order valence-corrected chi connectivity index (χ4v) is 4.17. The molecule has 0 aromatic heterocycles. The van der Waals surface area contributed by atoms with Crippen LogP contribution in [-0.4, -0.2) is 42.0 Å². The molecule has 112 valence electrons. The minimum atomic E-state index is -0.0737. The molecule has 3 heterocycles. The minimum absolute atomic E-state index is 0.0737. The molecule has 0 bridgehead atoms. The first-order valence-electron chi connectivity index (χ1n) is 8.20. The Morgan fingerprint density at radius 1 is 1.19 bits per heavy atom. The van der Waals surface area contributed by atoms with Crippen LogP contribution in [0.3, 0.4) is 0 Å². The number of aryl methyl sites for hydroxylation is 1. The largest absolute Gasteiger partial charge is 0.373 e. The number of carbonyl (C=O) groups excluding carboxylic acids is 1. The van der Waals surface area contributed by atoms with Crippen LogP contribution in [0.4, 0.5) is 5.69 Å². The van der Waals surface area contributed by atoms with Crippen LogP contribution in [0.2, 0.25) is 0 Å². The first-order chi connectivity index (χ1) is 10.3. The molecule has 21 heavy (non-hydrogen) atoms. The zero-order chi connectivity index (χ0) is 14.2. The van der Waals surface area contributed by atoms with E-state index >= 15 is 0 Å². The smallest absolute Gasteiger partial charge is 0.242 e. The van der Waals surface area contributed by atoms with E-state index in [1.54, 1.807) is 0 Å². The number of hydrogen-bond acceptors (Lipinski definition) is 3. The molecular weight excluding hydrogens is 262 g/mol. The van der Waals surface area contributed by atoms with Crippen molar-refractivity contribution < 1.29 is 4.79 Å². The average molecular weight is 285 g/mol. The molecule has 2 saturated heterocycles. The van der Waals surface area contributed by atoms with Gasteiger partial charge in [0.05, 0.1) is 0 Å². The number of anilines is 1. The van der Waals surface area contributed by atoms with E-state index in [9.17, 15) is 4.79 Å². The number of benzene rings is 1. The summed E-state index contributed by atoms with van der Waals surface area (Å²) in [5.41, 5.74) is 2.45. The van der Waals surface area contributed by atoms with Crippen LogP contribution in [0.25, 0.3) is 0 Å². The lowest BCUT2D eigenvalue weighted by Gasteiger charge is -2.28. The molecule has 4 rings (SSSR count). The van der Waals surface area contributed by atoms with E-state index in [4.69, 9.17) is 0 Å². The predicted octanol–water partition coefficient (Wildman–Crippen LogP) is 1.77. The van der Waals surface area contributed by atoms with Gasteiger partial charge >= 0.3 is 0 Å². The Morgan fingerprint density at radius 2 is 2.10 bits per heavy atom. The number of hydrogen-bond donors (Lipinski definition) is 2. The van der Waals surface area contributed by atoms with Crippen molar-refractivity contribution in [2.45, 2.75) is 50.2 Å². The van der Waals surface area contributed by atoms with Gasteiger partial charge in [0, 0.05) is 24.3 Å². The third-order valence-corrected chi connectivity index (χ3v) is 5.30. The van der Waals surface area contributed by atoms with Crippen molar-refractivity contribution in [3.8, 4) is 0 Å². The van der Waals surface area contributed by atoms with Crippen LogP contribution in [0.5, 0.6) is 0 Å². The van der Waals surface area contributed by atoms with Gasteiger partial charge in [-0.3, -0.25) is 9.69 Å². The monoisotopic (exact) mass is 285 g/mol. The molecule has 2 fully saturated rings. The standard InChI is InChI=1S/C17H23N3O/c21-17(19-14-9-11-20-10-3-6-16(14)20)15-8-7-12-4-1-2-5-13(12)18-15/h1-2,4-5,14-16,18H,3,6-11H2,(H,19,21). The molecule has 0 aliphatic carbocycles. The van der Waals surface area contributed by atoms with Gasteiger partial charge in [0.15, 0.2) is 0 Å². The van der Waals surface area contributed by atoms with Gasteiger partial charge in [0.2, 0.25) is 5.91 Å². The number of amides is 1. The molecule has 3 atom stereocenters. The van der Waals surface area contributed by atoms with E-state index in [2.05, 4.69) is 33.7 Å². The fraction of sp³-hybridized carbons (Fsp3) is 0.588. The van der Waals surface area contributed by atoms with Crippen LogP contribution in [0.15, 0.2) is 24.3 Å². The second kappa shape index (κ2) is 5.34. The van der Waals surface area contributed by atoms with Gasteiger partial charge in [0.1, 0.15) is 6.04 Å². The SMILES string of the molecule is O=C(NC1CCN2CCCC12)C1CCc2ccccc2N1. The van der Waals surface area contributed by atoms with E-state index in [-0.39, 0.29) is 11.9 Å². The molecule has 0 spiro atoms. The van der Waals surface area contributed by atoms with Crippen molar-refractivity contribution in [1.29, 1.82) is 0 Å². The molecular formula is C17H23N3O. The summed E-state index contributed by atoms with van der Waals surface area (Å²) in [6.45, 7) is 2.36. The molecule has 0 radical (unpaired) electrons. The normalized spacial score (nSPS) is 31.3. The molecule has 3 aliphatic rings. The van der Waals surface area contributed by atoms with Gasteiger partial charge in [-0.2, -0.15) is 0 Å². The van der Waals surface area contributed by atoms with Gasteiger partial charge in [-0.15, -0.1) is 0 Å². The summed E-state index contributed by atoms with van der Waals surface area (Å²) < 4.78 is 0. The van der Waals surface area contributed by atoms with Crippen LogP contribution in [0, 0.1) is 0 Å². The van der Waals surface area contributed by atoms with Gasteiger partial charge in [-0.05, 0) is 50.3 Å². The lowest BCUT2D eigenvalue weighted by molar-refractivity contribution is -0.122. The second-order valence-corrected chi connectivity index (χ2v) is 6.54. The molecule has 4 heteroatoms. The Labute approximate surface area is 125 Å². The summed E-state index contributed by atoms with van der Waals surface area (Å²) in [5.74, 6) is 0.184. The average Bonchev–Trinajstić information content (AvgIpc) is 3.12. The van der Waals surface area contributed by atoms with E-state index in [1.165, 1.54) is 24.9 Å². The lowest BCUT2D eigenvalue weighted by atomic mass is 9.97. The van der Waals surface area contributed by atoms with Crippen molar-refractivity contribution in [3.05, 3.63) is 29.8 Å². The highest BCUT2D eigenvalue weighted by Crippen LogP contribution is 2.29. The van der Waals surface area contributed by atoms with Crippen LogP contribution < -0.4 is 10.6 Å². The molecule has 1 aromatic rings. The topological polar surface area (TPSA) is 44.4 Å². The van der Waals surface area contributed by atoms with Crippen molar-refractivity contribution in [2.75, 3.05) is 18.4 Å². The first kappa shape index (κ1) is 13.1. The predicted molar refractivity (Wildman–Crippen MR) is 83.3 cm³/mol. The van der Waals surface area contributed by atoms with Crippen molar-refractivity contribution in [2.24, 2.45) is 0 Å². The molecule has 1 amide bonds. The summed E-state index contributed by atoms with van der Waals surface area (Å²) in [6, 6.07) is 9.18. The quantitative estimate of drug-likeness (QED) is 0.870. The van der Waals surface area contributed by atoms with E-state index in [0.29, 0.717) is 12.1 Å². The third kappa shape index (κ3) is 2.42. The zero-order valence-corrected chi connectivity index (χ0v) is 12.3. The fourth-order valence-electron chi connectivity index (χ4n) is 4.17. The summed E-state index contributed by atoms with van der Waals surface area (Å²) in [5, 5.41) is 6.71. The molecule has 2 N–H and O–H groups in total. The Balaban J connectivity index is 1.40. The van der Waals surface area contributed by atoms with Gasteiger partial charge < -0.3 is 10.6 Å². The number of nitrogens with zero attached hydrogens (tertiary/aromatic N) is 1. The van der Waals surface area contributed by atoms with Gasteiger partial charge in [-0.25, -0.2) is 0 Å². The summed E-state index contributed by atoms with van der Waals surface area (Å²) in [6.07, 6.45) is 5.52. The maximum absolute atomic E-state index is 12.6.